The van der Waals surface area contributed by atoms with Crippen molar-refractivity contribution in [1.82, 2.24) is 5.32 Å². The minimum absolute atomic E-state index is 0.658. The zero-order valence-corrected chi connectivity index (χ0v) is 10.6. The van der Waals surface area contributed by atoms with E-state index in [9.17, 15) is 0 Å². The minimum atomic E-state index is 0.658. The summed E-state index contributed by atoms with van der Waals surface area (Å²) < 4.78 is 16.0. The molecule has 0 aliphatic carbocycles. The number of rotatable bonds is 5. The van der Waals surface area contributed by atoms with Crippen LogP contribution in [0.25, 0.3) is 0 Å². The average molecular weight is 237 g/mol. The molecule has 2 rings (SSSR count). The zero-order chi connectivity index (χ0) is 12.3. The van der Waals surface area contributed by atoms with Crippen LogP contribution in [-0.4, -0.2) is 34.4 Å². The summed E-state index contributed by atoms with van der Waals surface area (Å²) >= 11 is 0. The van der Waals surface area contributed by atoms with Gasteiger partial charge in [-0.15, -0.1) is 0 Å². The van der Waals surface area contributed by atoms with Gasteiger partial charge in [0.15, 0.2) is 11.5 Å². The van der Waals surface area contributed by atoms with Gasteiger partial charge in [-0.3, -0.25) is 0 Å². The van der Waals surface area contributed by atoms with Gasteiger partial charge in [0.1, 0.15) is 0 Å². The lowest BCUT2D eigenvalue weighted by Crippen LogP contribution is -2.43. The molecule has 1 aliphatic heterocycles. The maximum atomic E-state index is 5.33. The average Bonchev–Trinajstić information content (AvgIpc) is 2.32. The molecule has 0 saturated carbocycles. The molecule has 1 aliphatic rings. The second-order valence-electron chi connectivity index (χ2n) is 4.26. The monoisotopic (exact) mass is 237 g/mol. The smallest absolute Gasteiger partial charge is 0.203 e. The Morgan fingerprint density at radius 3 is 2.00 bits per heavy atom. The van der Waals surface area contributed by atoms with Crippen molar-refractivity contribution < 1.29 is 14.2 Å². The molecule has 0 bridgehead atoms. The van der Waals surface area contributed by atoms with E-state index >= 15 is 0 Å². The van der Waals surface area contributed by atoms with E-state index in [4.69, 9.17) is 14.2 Å². The second kappa shape index (κ2) is 5.27. The SMILES string of the molecule is COc1cc(CC2CNC2)cc(OC)c1OC. The third-order valence-electron chi connectivity index (χ3n) is 3.11. The predicted octanol–water partition coefficient (Wildman–Crippen LogP) is 1.47. The summed E-state index contributed by atoms with van der Waals surface area (Å²) in [6.45, 7) is 2.19. The highest BCUT2D eigenvalue weighted by Gasteiger charge is 2.19. The van der Waals surface area contributed by atoms with Gasteiger partial charge in [-0.05, 0) is 43.1 Å². The van der Waals surface area contributed by atoms with Gasteiger partial charge in [-0.2, -0.15) is 0 Å². The Kier molecular flexibility index (Phi) is 3.74. The lowest BCUT2D eigenvalue weighted by atomic mass is 9.94. The van der Waals surface area contributed by atoms with E-state index in [0.29, 0.717) is 5.75 Å². The van der Waals surface area contributed by atoms with Crippen molar-refractivity contribution in [2.75, 3.05) is 34.4 Å². The second-order valence-corrected chi connectivity index (χ2v) is 4.26. The highest BCUT2D eigenvalue weighted by atomic mass is 16.5. The predicted molar refractivity (Wildman–Crippen MR) is 66.2 cm³/mol. The minimum Gasteiger partial charge on any atom is -0.493 e. The van der Waals surface area contributed by atoms with E-state index in [2.05, 4.69) is 5.32 Å². The Morgan fingerprint density at radius 2 is 1.65 bits per heavy atom. The molecule has 1 fully saturated rings. The Labute approximate surface area is 102 Å². The molecule has 0 amide bonds. The zero-order valence-electron chi connectivity index (χ0n) is 10.6. The van der Waals surface area contributed by atoms with Crippen LogP contribution in [0.2, 0.25) is 0 Å². The molecular formula is C13H19NO3. The molecule has 1 aromatic carbocycles. The third kappa shape index (κ3) is 2.47. The van der Waals surface area contributed by atoms with Gasteiger partial charge in [0, 0.05) is 0 Å². The van der Waals surface area contributed by atoms with Crippen LogP contribution in [0.1, 0.15) is 5.56 Å². The first-order chi connectivity index (χ1) is 8.28. The lowest BCUT2D eigenvalue weighted by molar-refractivity contribution is 0.320. The van der Waals surface area contributed by atoms with E-state index in [1.807, 2.05) is 12.1 Å². The lowest BCUT2D eigenvalue weighted by Gasteiger charge is -2.27. The summed E-state index contributed by atoms with van der Waals surface area (Å²) in [6.07, 6.45) is 1.05. The molecule has 4 nitrogen and oxygen atoms in total. The van der Waals surface area contributed by atoms with E-state index < -0.39 is 0 Å². The molecule has 94 valence electrons. The van der Waals surface area contributed by atoms with Crippen LogP contribution in [0.3, 0.4) is 0 Å². The van der Waals surface area contributed by atoms with Crippen LogP contribution in [0, 0.1) is 5.92 Å². The fraction of sp³-hybridized carbons (Fsp3) is 0.538. The Balaban J connectivity index is 2.26. The van der Waals surface area contributed by atoms with Crippen molar-refractivity contribution in [1.29, 1.82) is 0 Å². The van der Waals surface area contributed by atoms with Crippen molar-refractivity contribution in [3.05, 3.63) is 17.7 Å². The molecule has 0 atom stereocenters. The van der Waals surface area contributed by atoms with Crippen molar-refractivity contribution in [3.8, 4) is 17.2 Å². The molecule has 1 aromatic rings. The maximum absolute atomic E-state index is 5.33. The number of ether oxygens (including phenoxy) is 3. The number of benzene rings is 1. The molecule has 0 spiro atoms. The summed E-state index contributed by atoms with van der Waals surface area (Å²) in [6, 6.07) is 4.05. The van der Waals surface area contributed by atoms with Crippen LogP contribution >= 0.6 is 0 Å². The highest BCUT2D eigenvalue weighted by Crippen LogP contribution is 2.38. The van der Waals surface area contributed by atoms with Crippen LogP contribution in [0.5, 0.6) is 17.2 Å². The molecule has 1 saturated heterocycles. The van der Waals surface area contributed by atoms with E-state index in [1.54, 1.807) is 21.3 Å². The quantitative estimate of drug-likeness (QED) is 0.842. The van der Waals surface area contributed by atoms with Gasteiger partial charge in [0.25, 0.3) is 0 Å². The summed E-state index contributed by atoms with van der Waals surface area (Å²) in [5.74, 6) is 2.84. The molecule has 0 aromatic heterocycles. The Morgan fingerprint density at radius 1 is 1.06 bits per heavy atom. The van der Waals surface area contributed by atoms with E-state index in [-0.39, 0.29) is 0 Å². The van der Waals surface area contributed by atoms with Crippen molar-refractivity contribution in [2.45, 2.75) is 6.42 Å². The first kappa shape index (κ1) is 12.0. The summed E-state index contributed by atoms with van der Waals surface area (Å²) in [4.78, 5) is 0. The molecule has 17 heavy (non-hydrogen) atoms. The number of hydrogen-bond acceptors (Lipinski definition) is 4. The first-order valence-electron chi connectivity index (χ1n) is 5.78. The Bertz CT molecular complexity index is 363. The highest BCUT2D eigenvalue weighted by molar-refractivity contribution is 5.53. The van der Waals surface area contributed by atoms with Gasteiger partial charge in [-0.25, -0.2) is 0 Å². The Hall–Kier alpha value is -1.42. The molecule has 0 radical (unpaired) electrons. The molecule has 1 heterocycles. The number of nitrogens with one attached hydrogen (secondary N) is 1. The van der Waals surface area contributed by atoms with Gasteiger partial charge < -0.3 is 19.5 Å². The number of methoxy groups -OCH3 is 3. The van der Waals surface area contributed by atoms with Gasteiger partial charge in [0.05, 0.1) is 21.3 Å². The van der Waals surface area contributed by atoms with Crippen LogP contribution in [0.4, 0.5) is 0 Å². The first-order valence-corrected chi connectivity index (χ1v) is 5.78. The standard InChI is InChI=1S/C13H19NO3/c1-15-11-5-9(4-10-7-14-8-10)6-12(16-2)13(11)17-3/h5-6,10,14H,4,7-8H2,1-3H3. The fourth-order valence-corrected chi connectivity index (χ4v) is 2.08. The topological polar surface area (TPSA) is 39.7 Å². The molecule has 4 heteroatoms. The van der Waals surface area contributed by atoms with Crippen LogP contribution in [0.15, 0.2) is 12.1 Å². The van der Waals surface area contributed by atoms with Crippen LogP contribution < -0.4 is 19.5 Å². The largest absolute Gasteiger partial charge is 0.493 e. The normalized spacial score (nSPS) is 15.2. The van der Waals surface area contributed by atoms with Crippen molar-refractivity contribution in [2.24, 2.45) is 5.92 Å². The third-order valence-corrected chi connectivity index (χ3v) is 3.11. The van der Waals surface area contributed by atoms with Crippen molar-refractivity contribution >= 4 is 0 Å². The van der Waals surface area contributed by atoms with Gasteiger partial charge >= 0.3 is 0 Å². The molecule has 1 N–H and O–H groups in total. The van der Waals surface area contributed by atoms with E-state index in [1.165, 1.54) is 5.56 Å². The van der Waals surface area contributed by atoms with Crippen molar-refractivity contribution in [3.63, 3.8) is 0 Å². The van der Waals surface area contributed by atoms with Gasteiger partial charge in [0.2, 0.25) is 5.75 Å². The summed E-state index contributed by atoms with van der Waals surface area (Å²) in [7, 11) is 4.91. The summed E-state index contributed by atoms with van der Waals surface area (Å²) in [5.41, 5.74) is 1.23. The molecule has 0 unspecified atom stereocenters. The maximum Gasteiger partial charge on any atom is 0.203 e. The summed E-state index contributed by atoms with van der Waals surface area (Å²) in [5, 5.41) is 3.27. The molecular weight excluding hydrogens is 218 g/mol. The fourth-order valence-electron chi connectivity index (χ4n) is 2.08. The number of hydrogen-bond donors (Lipinski definition) is 1. The van der Waals surface area contributed by atoms with E-state index in [0.717, 1.165) is 36.9 Å². The van der Waals surface area contributed by atoms with Gasteiger partial charge in [-0.1, -0.05) is 0 Å². The van der Waals surface area contributed by atoms with Crippen LogP contribution in [-0.2, 0) is 6.42 Å².